The minimum Gasteiger partial charge on any atom is -0.497 e. The molecule has 10 heteroatoms. The summed E-state index contributed by atoms with van der Waals surface area (Å²) >= 11 is 0. The molecule has 0 aliphatic carbocycles. The Kier molecular flexibility index (Phi) is 12.5. The zero-order valence-corrected chi connectivity index (χ0v) is 22.6. The smallest absolute Gasteiger partial charge is 0.306 e. The monoisotopic (exact) mass is 546 g/mol. The number of methoxy groups -OCH3 is 2. The summed E-state index contributed by atoms with van der Waals surface area (Å²) in [4.78, 5) is 38.1. The SMILES string of the molecule is C=CCCCC(=O)O[C@H]1[C@@H]2OC(=O)CCC=CCCC(=O)O[C@H]2[C@@H](OC)O[C@@H]1COCc1ccc(OC)cc1. The highest BCUT2D eigenvalue weighted by atomic mass is 16.7. The Morgan fingerprint density at radius 2 is 1.69 bits per heavy atom. The predicted molar refractivity (Wildman–Crippen MR) is 140 cm³/mol. The molecule has 5 atom stereocenters. The number of carbonyl (C=O) groups excluding carboxylic acids is 3. The van der Waals surface area contributed by atoms with Gasteiger partial charge in [-0.3, -0.25) is 14.4 Å². The van der Waals surface area contributed by atoms with Gasteiger partial charge in [0, 0.05) is 26.4 Å². The fraction of sp³-hybridized carbons (Fsp3) is 0.552. The average molecular weight is 547 g/mol. The van der Waals surface area contributed by atoms with E-state index in [0.717, 1.165) is 11.3 Å². The van der Waals surface area contributed by atoms with Gasteiger partial charge < -0.3 is 33.2 Å². The van der Waals surface area contributed by atoms with E-state index in [9.17, 15) is 14.4 Å². The molecule has 1 aromatic rings. The molecule has 0 aromatic heterocycles. The number of benzene rings is 1. The Labute approximate surface area is 229 Å². The molecular weight excluding hydrogens is 508 g/mol. The highest BCUT2D eigenvalue weighted by Gasteiger charge is 2.52. The first-order valence-electron chi connectivity index (χ1n) is 13.2. The maximum atomic E-state index is 12.8. The fourth-order valence-corrected chi connectivity index (χ4v) is 4.28. The molecule has 0 radical (unpaired) electrons. The van der Waals surface area contributed by atoms with Gasteiger partial charge in [-0.1, -0.05) is 30.4 Å². The number of hydrogen-bond donors (Lipinski definition) is 0. The summed E-state index contributed by atoms with van der Waals surface area (Å²) in [6.07, 6.45) is 2.52. The van der Waals surface area contributed by atoms with E-state index in [2.05, 4.69) is 6.58 Å². The zero-order valence-electron chi connectivity index (χ0n) is 22.6. The van der Waals surface area contributed by atoms with Gasteiger partial charge in [-0.15, -0.1) is 6.58 Å². The van der Waals surface area contributed by atoms with E-state index in [1.807, 2.05) is 36.4 Å². The van der Waals surface area contributed by atoms with Crippen LogP contribution in [0.2, 0.25) is 0 Å². The molecule has 39 heavy (non-hydrogen) atoms. The standard InChI is InChI=1S/C29H38O10/c1-4-5-8-11-23(30)37-26-22(19-35-18-20-14-16-21(33-2)17-15-20)36-29(34-3)28-27(26)38-24(31)12-9-6-7-10-13-25(32)39-28/h4,6-7,14-17,22,26-29H,1,5,8-13,18-19H2,2-3H3/t22-,26-,27+,28-,29+/m1/s1. The predicted octanol–water partition coefficient (Wildman–Crippen LogP) is 3.81. The van der Waals surface area contributed by atoms with Crippen LogP contribution in [0.15, 0.2) is 49.1 Å². The molecule has 0 saturated carbocycles. The Balaban J connectivity index is 1.83. The molecule has 1 saturated heterocycles. The Morgan fingerprint density at radius 3 is 2.31 bits per heavy atom. The lowest BCUT2D eigenvalue weighted by molar-refractivity contribution is -0.304. The molecule has 0 unspecified atom stereocenters. The third-order valence-electron chi connectivity index (χ3n) is 6.32. The van der Waals surface area contributed by atoms with Crippen LogP contribution < -0.4 is 4.74 Å². The lowest BCUT2D eigenvalue weighted by Gasteiger charge is -2.44. The van der Waals surface area contributed by atoms with Crippen LogP contribution in [0.4, 0.5) is 0 Å². The molecule has 2 aliphatic heterocycles. The number of ether oxygens (including phenoxy) is 7. The van der Waals surface area contributed by atoms with E-state index in [4.69, 9.17) is 33.2 Å². The van der Waals surface area contributed by atoms with Crippen molar-refractivity contribution in [2.24, 2.45) is 0 Å². The molecule has 0 spiro atoms. The molecule has 214 valence electrons. The van der Waals surface area contributed by atoms with Gasteiger partial charge in [-0.2, -0.15) is 0 Å². The van der Waals surface area contributed by atoms with Crippen LogP contribution in [-0.4, -0.2) is 69.4 Å². The molecular formula is C29H38O10. The van der Waals surface area contributed by atoms with Gasteiger partial charge in [-0.25, -0.2) is 0 Å². The second kappa shape index (κ2) is 16.0. The highest BCUT2D eigenvalue weighted by molar-refractivity contribution is 5.72. The van der Waals surface area contributed by atoms with E-state index in [1.165, 1.54) is 7.11 Å². The minimum absolute atomic E-state index is 0.00600. The molecule has 1 fully saturated rings. The van der Waals surface area contributed by atoms with Crippen LogP contribution in [0, 0.1) is 0 Å². The summed E-state index contributed by atoms with van der Waals surface area (Å²) in [6, 6.07) is 7.38. The first-order chi connectivity index (χ1) is 18.9. The van der Waals surface area contributed by atoms with Crippen molar-refractivity contribution in [1.29, 1.82) is 0 Å². The third kappa shape index (κ3) is 9.49. The molecule has 1 aromatic carbocycles. The van der Waals surface area contributed by atoms with Gasteiger partial charge in [0.1, 0.15) is 11.9 Å². The summed E-state index contributed by atoms with van der Waals surface area (Å²) < 4.78 is 40.0. The molecule has 2 aliphatic rings. The molecule has 0 N–H and O–H groups in total. The second-order valence-corrected chi connectivity index (χ2v) is 9.23. The number of unbranched alkanes of at least 4 members (excludes halogenated alkanes) is 1. The molecule has 3 rings (SSSR count). The maximum Gasteiger partial charge on any atom is 0.306 e. The first-order valence-corrected chi connectivity index (χ1v) is 13.2. The van der Waals surface area contributed by atoms with Crippen LogP contribution in [0.25, 0.3) is 0 Å². The van der Waals surface area contributed by atoms with Gasteiger partial charge >= 0.3 is 17.9 Å². The summed E-state index contributed by atoms with van der Waals surface area (Å²) in [6.45, 7) is 3.91. The van der Waals surface area contributed by atoms with Crippen molar-refractivity contribution in [3.8, 4) is 5.75 Å². The van der Waals surface area contributed by atoms with E-state index < -0.39 is 48.6 Å². The van der Waals surface area contributed by atoms with Crippen LogP contribution in [0.5, 0.6) is 5.75 Å². The summed E-state index contributed by atoms with van der Waals surface area (Å²) in [5.74, 6) is -0.811. The van der Waals surface area contributed by atoms with Gasteiger partial charge in [-0.05, 0) is 43.4 Å². The zero-order chi connectivity index (χ0) is 28.0. The number of allylic oxidation sites excluding steroid dienone is 3. The van der Waals surface area contributed by atoms with Crippen molar-refractivity contribution >= 4 is 17.9 Å². The topological polar surface area (TPSA) is 116 Å². The van der Waals surface area contributed by atoms with Gasteiger partial charge in [0.05, 0.1) is 20.3 Å². The van der Waals surface area contributed by atoms with E-state index in [-0.39, 0.29) is 32.5 Å². The number of fused-ring (bicyclic) bond motifs is 1. The van der Waals surface area contributed by atoms with Crippen LogP contribution >= 0.6 is 0 Å². The maximum absolute atomic E-state index is 12.8. The summed E-state index contributed by atoms with van der Waals surface area (Å²) in [5.41, 5.74) is 0.894. The molecule has 2 heterocycles. The minimum atomic E-state index is -1.15. The van der Waals surface area contributed by atoms with E-state index in [1.54, 1.807) is 13.2 Å². The lowest BCUT2D eigenvalue weighted by Crippen LogP contribution is -2.62. The lowest BCUT2D eigenvalue weighted by atomic mass is 9.97. The second-order valence-electron chi connectivity index (χ2n) is 9.23. The Hall–Kier alpha value is -3.21. The summed E-state index contributed by atoms with van der Waals surface area (Å²) in [7, 11) is 2.99. The number of esters is 3. The Morgan fingerprint density at radius 1 is 1.03 bits per heavy atom. The van der Waals surface area contributed by atoms with Crippen molar-refractivity contribution in [2.75, 3.05) is 20.8 Å². The van der Waals surface area contributed by atoms with Crippen molar-refractivity contribution in [3.05, 3.63) is 54.6 Å². The number of rotatable bonds is 11. The van der Waals surface area contributed by atoms with E-state index >= 15 is 0 Å². The largest absolute Gasteiger partial charge is 0.497 e. The normalized spacial score (nSPS) is 25.7. The quantitative estimate of drug-likeness (QED) is 0.176. The number of hydrogen-bond acceptors (Lipinski definition) is 10. The van der Waals surface area contributed by atoms with Crippen LogP contribution in [0.1, 0.15) is 50.5 Å². The molecule has 0 amide bonds. The van der Waals surface area contributed by atoms with Gasteiger partial charge in [0.25, 0.3) is 0 Å². The van der Waals surface area contributed by atoms with Crippen molar-refractivity contribution in [2.45, 2.75) is 82.3 Å². The van der Waals surface area contributed by atoms with Crippen molar-refractivity contribution in [1.82, 2.24) is 0 Å². The van der Waals surface area contributed by atoms with E-state index in [0.29, 0.717) is 25.7 Å². The highest BCUT2D eigenvalue weighted by Crippen LogP contribution is 2.31. The van der Waals surface area contributed by atoms with Gasteiger partial charge in [0.2, 0.25) is 0 Å². The average Bonchev–Trinajstić information content (AvgIpc) is 2.93. The molecule has 10 nitrogen and oxygen atoms in total. The van der Waals surface area contributed by atoms with Crippen molar-refractivity contribution < 1.29 is 47.5 Å². The van der Waals surface area contributed by atoms with Crippen molar-refractivity contribution in [3.63, 3.8) is 0 Å². The molecule has 0 bridgehead atoms. The van der Waals surface area contributed by atoms with Crippen LogP contribution in [0.3, 0.4) is 0 Å². The summed E-state index contributed by atoms with van der Waals surface area (Å²) in [5, 5.41) is 0. The van der Waals surface area contributed by atoms with Crippen LogP contribution in [-0.2, 0) is 49.4 Å². The fourth-order valence-electron chi connectivity index (χ4n) is 4.28. The van der Waals surface area contributed by atoms with Gasteiger partial charge in [0.15, 0.2) is 24.6 Å². The first kappa shape index (κ1) is 30.3. The Bertz CT molecular complexity index is 973. The third-order valence-corrected chi connectivity index (χ3v) is 6.32. The number of carbonyl (C=O) groups is 3.